The van der Waals surface area contributed by atoms with Crippen LogP contribution in [0, 0.1) is 12.8 Å². The number of hydrogen-bond acceptors (Lipinski definition) is 6. The smallest absolute Gasteiger partial charge is 0.150 e. The van der Waals surface area contributed by atoms with Crippen molar-refractivity contribution in [2.45, 2.75) is 46.1 Å². The van der Waals surface area contributed by atoms with Crippen LogP contribution in [0.2, 0.25) is 0 Å². The molecule has 1 saturated heterocycles. The zero-order valence-corrected chi connectivity index (χ0v) is 19.3. The third-order valence-corrected chi connectivity index (χ3v) is 6.57. The van der Waals surface area contributed by atoms with Gasteiger partial charge in [0.05, 0.1) is 18.1 Å². The minimum absolute atomic E-state index is 0.198. The highest BCUT2D eigenvalue weighted by molar-refractivity contribution is 8.06. The zero-order chi connectivity index (χ0) is 21.5. The van der Waals surface area contributed by atoms with Crippen LogP contribution in [-0.2, 0) is 4.74 Å². The largest absolute Gasteiger partial charge is 0.484 e. The first kappa shape index (κ1) is 22.6. The molecule has 1 fully saturated rings. The van der Waals surface area contributed by atoms with Gasteiger partial charge in [-0.15, -0.1) is 0 Å². The molecule has 2 aliphatic heterocycles. The SMILES string of the molecule is C=C(OC1CCN(c2cnc(C)cn2)CC1)SC(=CC(=C)C1=CCNCC1)C(C)C. The first-order valence-corrected chi connectivity index (χ1v) is 11.6. The second kappa shape index (κ2) is 10.8. The van der Waals surface area contributed by atoms with E-state index in [0.29, 0.717) is 5.92 Å². The monoisotopic (exact) mass is 426 g/mol. The number of rotatable bonds is 8. The molecule has 162 valence electrons. The van der Waals surface area contributed by atoms with Crippen LogP contribution >= 0.6 is 11.8 Å². The molecule has 0 aliphatic carbocycles. The van der Waals surface area contributed by atoms with Crippen LogP contribution in [0.3, 0.4) is 0 Å². The molecule has 1 N–H and O–H groups in total. The second-order valence-corrected chi connectivity index (χ2v) is 9.34. The Labute approximate surface area is 185 Å². The summed E-state index contributed by atoms with van der Waals surface area (Å²) in [6, 6.07) is 0. The fraction of sp³-hybridized carbons (Fsp3) is 0.500. The van der Waals surface area contributed by atoms with Crippen molar-refractivity contribution in [1.29, 1.82) is 0 Å². The zero-order valence-electron chi connectivity index (χ0n) is 18.5. The Bertz CT molecular complexity index is 805. The molecule has 0 bridgehead atoms. The first-order valence-electron chi connectivity index (χ1n) is 10.8. The molecule has 0 atom stereocenters. The molecule has 2 aliphatic rings. The van der Waals surface area contributed by atoms with E-state index in [4.69, 9.17) is 4.74 Å². The van der Waals surface area contributed by atoms with Crippen molar-refractivity contribution in [2.24, 2.45) is 5.92 Å². The van der Waals surface area contributed by atoms with Crippen molar-refractivity contribution in [3.63, 3.8) is 0 Å². The van der Waals surface area contributed by atoms with Gasteiger partial charge in [0.25, 0.3) is 0 Å². The standard InChI is InChI=1S/C24H34N4OS/c1-17(2)23(14-18(3)21-6-10-25-11-7-21)30-20(5)29-22-8-12-28(13-9-22)24-16-26-19(4)15-27-24/h6,14-17,22,25H,3,5,7-13H2,1-2,4H3. The Balaban J connectivity index is 1.51. The van der Waals surface area contributed by atoms with Crippen molar-refractivity contribution >= 4 is 17.6 Å². The quantitative estimate of drug-likeness (QED) is 0.467. The molecule has 30 heavy (non-hydrogen) atoms. The van der Waals surface area contributed by atoms with E-state index >= 15 is 0 Å². The summed E-state index contributed by atoms with van der Waals surface area (Å²) in [6.07, 6.45) is 11.3. The van der Waals surface area contributed by atoms with E-state index < -0.39 is 0 Å². The van der Waals surface area contributed by atoms with E-state index in [9.17, 15) is 0 Å². The maximum Gasteiger partial charge on any atom is 0.150 e. The van der Waals surface area contributed by atoms with Gasteiger partial charge in [-0.25, -0.2) is 4.98 Å². The molecule has 1 aromatic heterocycles. The summed E-state index contributed by atoms with van der Waals surface area (Å²) < 4.78 is 6.21. The van der Waals surface area contributed by atoms with Crippen LogP contribution in [0.1, 0.15) is 38.8 Å². The Morgan fingerprint density at radius 3 is 2.63 bits per heavy atom. The van der Waals surface area contributed by atoms with Crippen LogP contribution in [0.5, 0.6) is 0 Å². The van der Waals surface area contributed by atoms with Crippen LogP contribution in [0.15, 0.2) is 58.8 Å². The van der Waals surface area contributed by atoms with Gasteiger partial charge in [-0.1, -0.05) is 38.3 Å². The first-order chi connectivity index (χ1) is 14.4. The van der Waals surface area contributed by atoms with E-state index in [1.165, 1.54) is 10.5 Å². The molecule has 3 rings (SSSR count). The predicted molar refractivity (Wildman–Crippen MR) is 127 cm³/mol. The Hall–Kier alpha value is -2.05. The number of piperidine rings is 1. The van der Waals surface area contributed by atoms with Crippen LogP contribution < -0.4 is 10.2 Å². The molecule has 5 nitrogen and oxygen atoms in total. The van der Waals surface area contributed by atoms with Gasteiger partial charge in [-0.05, 0) is 54.5 Å². The van der Waals surface area contributed by atoms with Crippen molar-refractivity contribution in [3.8, 4) is 0 Å². The molecular formula is C24H34N4OS. The maximum atomic E-state index is 6.21. The Kier molecular flexibility index (Phi) is 8.16. The fourth-order valence-corrected chi connectivity index (χ4v) is 4.47. The number of nitrogens with zero attached hydrogens (tertiary/aromatic N) is 3. The Morgan fingerprint density at radius 1 is 1.27 bits per heavy atom. The third kappa shape index (κ3) is 6.47. The summed E-state index contributed by atoms with van der Waals surface area (Å²) in [5, 5.41) is 4.12. The predicted octanol–water partition coefficient (Wildman–Crippen LogP) is 4.99. The van der Waals surface area contributed by atoms with E-state index in [1.807, 2.05) is 19.3 Å². The maximum absolute atomic E-state index is 6.21. The van der Waals surface area contributed by atoms with Gasteiger partial charge < -0.3 is 15.0 Å². The van der Waals surface area contributed by atoms with Gasteiger partial charge >= 0.3 is 0 Å². The lowest BCUT2D eigenvalue weighted by atomic mass is 10.00. The summed E-state index contributed by atoms with van der Waals surface area (Å²) in [4.78, 5) is 12.4. The van der Waals surface area contributed by atoms with Crippen molar-refractivity contribution in [3.05, 3.63) is 64.5 Å². The number of hydrogen-bond donors (Lipinski definition) is 1. The van der Waals surface area contributed by atoms with E-state index in [-0.39, 0.29) is 6.10 Å². The number of anilines is 1. The summed E-state index contributed by atoms with van der Waals surface area (Å²) in [5.41, 5.74) is 3.39. The average molecular weight is 427 g/mol. The Morgan fingerprint density at radius 2 is 2.03 bits per heavy atom. The minimum atomic E-state index is 0.198. The highest BCUT2D eigenvalue weighted by Crippen LogP contribution is 2.34. The molecule has 0 spiro atoms. The van der Waals surface area contributed by atoms with Gasteiger partial charge in [-0.3, -0.25) is 4.98 Å². The topological polar surface area (TPSA) is 50.3 Å². The van der Waals surface area contributed by atoms with E-state index in [2.05, 4.69) is 59.3 Å². The van der Waals surface area contributed by atoms with Crippen molar-refractivity contribution in [2.75, 3.05) is 31.1 Å². The molecule has 0 unspecified atom stereocenters. The lowest BCUT2D eigenvalue weighted by Gasteiger charge is -2.33. The second-order valence-electron chi connectivity index (χ2n) is 8.20. The highest BCUT2D eigenvalue weighted by Gasteiger charge is 2.22. The molecule has 0 aromatic carbocycles. The molecule has 1 aromatic rings. The number of thioether (sulfide) groups is 1. The molecule has 0 amide bonds. The molecule has 3 heterocycles. The highest BCUT2D eigenvalue weighted by atomic mass is 32.2. The van der Waals surface area contributed by atoms with Gasteiger partial charge in [0, 0.05) is 32.5 Å². The van der Waals surface area contributed by atoms with Crippen LogP contribution in [0.25, 0.3) is 0 Å². The average Bonchev–Trinajstić information content (AvgIpc) is 2.75. The van der Waals surface area contributed by atoms with Gasteiger partial charge in [0.2, 0.25) is 0 Å². The number of allylic oxidation sites excluding steroid dienone is 3. The lowest BCUT2D eigenvalue weighted by Crippen LogP contribution is -2.37. The number of aromatic nitrogens is 2. The van der Waals surface area contributed by atoms with E-state index in [1.54, 1.807) is 11.8 Å². The normalized spacial score (nSPS) is 18.3. The molecule has 0 radical (unpaired) electrons. The van der Waals surface area contributed by atoms with Crippen molar-refractivity contribution < 1.29 is 4.74 Å². The van der Waals surface area contributed by atoms with Crippen molar-refractivity contribution in [1.82, 2.24) is 15.3 Å². The molecule has 6 heteroatoms. The summed E-state index contributed by atoms with van der Waals surface area (Å²) in [7, 11) is 0. The van der Waals surface area contributed by atoms with Gasteiger partial charge in [-0.2, -0.15) is 0 Å². The lowest BCUT2D eigenvalue weighted by molar-refractivity contribution is 0.112. The third-order valence-electron chi connectivity index (χ3n) is 5.42. The number of ether oxygens (including phenoxy) is 1. The van der Waals surface area contributed by atoms with E-state index in [0.717, 1.165) is 67.6 Å². The van der Waals surface area contributed by atoms with Gasteiger partial charge in [0.1, 0.15) is 11.9 Å². The van der Waals surface area contributed by atoms with Crippen LogP contribution in [-0.4, -0.2) is 42.3 Å². The van der Waals surface area contributed by atoms with Crippen LogP contribution in [0.4, 0.5) is 5.82 Å². The summed E-state index contributed by atoms with van der Waals surface area (Å²) in [6.45, 7) is 18.6. The molecular weight excluding hydrogens is 392 g/mol. The summed E-state index contributed by atoms with van der Waals surface area (Å²) in [5.74, 6) is 1.35. The number of nitrogens with one attached hydrogen (secondary N) is 1. The summed E-state index contributed by atoms with van der Waals surface area (Å²) >= 11 is 1.64. The fourth-order valence-electron chi connectivity index (χ4n) is 3.59. The van der Waals surface area contributed by atoms with Gasteiger partial charge in [0.15, 0.2) is 5.09 Å². The number of aryl methyl sites for hydroxylation is 1. The molecule has 0 saturated carbocycles. The minimum Gasteiger partial charge on any atom is -0.484 e.